The molecule has 0 aromatic heterocycles. The van der Waals surface area contributed by atoms with Crippen molar-refractivity contribution >= 4 is 0 Å². The maximum absolute atomic E-state index is 8.77. The Morgan fingerprint density at radius 3 is 2.83 bits per heavy atom. The summed E-state index contributed by atoms with van der Waals surface area (Å²) in [6.45, 7) is 2.07. The first-order chi connectivity index (χ1) is 5.85. The van der Waals surface area contributed by atoms with E-state index in [1.807, 2.05) is 0 Å². The van der Waals surface area contributed by atoms with Gasteiger partial charge in [0.25, 0.3) is 0 Å². The van der Waals surface area contributed by atoms with Crippen molar-refractivity contribution in [3.05, 3.63) is 0 Å². The highest BCUT2D eigenvalue weighted by atomic mass is 15.0. The zero-order chi connectivity index (χ0) is 8.55. The highest BCUT2D eigenvalue weighted by Gasteiger charge is 2.48. The zero-order valence-corrected chi connectivity index (χ0v) is 7.59. The van der Waals surface area contributed by atoms with E-state index in [1.54, 1.807) is 0 Å². The molecule has 0 heterocycles. The summed E-state index contributed by atoms with van der Waals surface area (Å²) in [7, 11) is 0. The molecule has 0 radical (unpaired) electrons. The van der Waals surface area contributed by atoms with E-state index in [2.05, 4.69) is 18.3 Å². The highest BCUT2D eigenvalue weighted by Crippen LogP contribution is 2.51. The Balaban J connectivity index is 1.82. The smallest absolute Gasteiger partial charge is 0.0952 e. The molecule has 0 aromatic rings. The summed E-state index contributed by atoms with van der Waals surface area (Å²) in [4.78, 5) is 0. The number of hydrogen-bond donors (Lipinski definition) is 1. The lowest BCUT2D eigenvalue weighted by Gasteiger charge is -2.17. The first-order valence-corrected chi connectivity index (χ1v) is 5.00. The second kappa shape index (κ2) is 3.06. The van der Waals surface area contributed by atoms with Gasteiger partial charge in [-0.1, -0.05) is 6.92 Å². The number of hydrogen-bond acceptors (Lipinski definition) is 2. The fourth-order valence-electron chi connectivity index (χ4n) is 2.42. The van der Waals surface area contributed by atoms with Gasteiger partial charge < -0.3 is 0 Å². The van der Waals surface area contributed by atoms with Crippen LogP contribution in [0.1, 0.15) is 32.6 Å². The van der Waals surface area contributed by atoms with Crippen LogP contribution in [0.5, 0.6) is 0 Å². The third-order valence-corrected chi connectivity index (χ3v) is 3.32. The fraction of sp³-hybridized carbons (Fsp3) is 0.900. The van der Waals surface area contributed by atoms with Crippen molar-refractivity contribution in [1.29, 1.82) is 5.26 Å². The molecule has 2 fully saturated rings. The van der Waals surface area contributed by atoms with Crippen LogP contribution in [0.4, 0.5) is 0 Å². The monoisotopic (exact) mass is 164 g/mol. The molecule has 12 heavy (non-hydrogen) atoms. The van der Waals surface area contributed by atoms with Crippen LogP contribution >= 0.6 is 0 Å². The standard InChI is InChI=1S/C10H16N2/c1-2-8(6-11)12-10-4-3-7-5-9(7)10/h7-10,12H,2-5H2,1H3. The van der Waals surface area contributed by atoms with Crippen LogP contribution in [0.2, 0.25) is 0 Å². The molecule has 2 saturated carbocycles. The normalized spacial score (nSPS) is 40.2. The van der Waals surface area contributed by atoms with E-state index in [0.29, 0.717) is 6.04 Å². The Hall–Kier alpha value is -0.550. The molecule has 0 amide bonds. The van der Waals surface area contributed by atoms with E-state index in [4.69, 9.17) is 5.26 Å². The van der Waals surface area contributed by atoms with Gasteiger partial charge >= 0.3 is 0 Å². The van der Waals surface area contributed by atoms with Crippen LogP contribution in [-0.4, -0.2) is 12.1 Å². The van der Waals surface area contributed by atoms with Gasteiger partial charge in [0.15, 0.2) is 0 Å². The summed E-state index contributed by atoms with van der Waals surface area (Å²) in [5.74, 6) is 1.94. The lowest BCUT2D eigenvalue weighted by molar-refractivity contribution is 0.436. The molecule has 4 unspecified atom stereocenters. The Kier molecular flexibility index (Phi) is 2.06. The van der Waals surface area contributed by atoms with E-state index in [0.717, 1.165) is 18.3 Å². The van der Waals surface area contributed by atoms with Crippen molar-refractivity contribution < 1.29 is 0 Å². The maximum Gasteiger partial charge on any atom is 0.0952 e. The molecule has 2 nitrogen and oxygen atoms in total. The van der Waals surface area contributed by atoms with Gasteiger partial charge in [0.05, 0.1) is 12.1 Å². The molecule has 2 aliphatic carbocycles. The molecular formula is C10H16N2. The number of nitriles is 1. The van der Waals surface area contributed by atoms with Crippen molar-refractivity contribution in [3.63, 3.8) is 0 Å². The minimum atomic E-state index is 0.0920. The van der Waals surface area contributed by atoms with Crippen LogP contribution in [0.3, 0.4) is 0 Å². The maximum atomic E-state index is 8.77. The van der Waals surface area contributed by atoms with Gasteiger partial charge in [0, 0.05) is 6.04 Å². The summed E-state index contributed by atoms with van der Waals surface area (Å²) >= 11 is 0. The Labute approximate surface area is 74.0 Å². The quantitative estimate of drug-likeness (QED) is 0.688. The average molecular weight is 164 g/mol. The molecule has 0 bridgehead atoms. The lowest BCUT2D eigenvalue weighted by Crippen LogP contribution is -2.37. The summed E-state index contributed by atoms with van der Waals surface area (Å²) < 4.78 is 0. The predicted molar refractivity (Wildman–Crippen MR) is 47.4 cm³/mol. The molecule has 0 aliphatic heterocycles. The number of fused-ring (bicyclic) bond motifs is 1. The number of nitrogens with zero attached hydrogens (tertiary/aromatic N) is 1. The lowest BCUT2D eigenvalue weighted by atomic mass is 10.1. The fourth-order valence-corrected chi connectivity index (χ4v) is 2.42. The topological polar surface area (TPSA) is 35.8 Å². The van der Waals surface area contributed by atoms with Crippen LogP contribution in [0.25, 0.3) is 0 Å². The molecule has 2 heteroatoms. The summed E-state index contributed by atoms with van der Waals surface area (Å²) in [5, 5.41) is 12.2. The number of nitrogens with one attached hydrogen (secondary N) is 1. The van der Waals surface area contributed by atoms with E-state index in [-0.39, 0.29) is 6.04 Å². The molecular weight excluding hydrogens is 148 g/mol. The van der Waals surface area contributed by atoms with Crippen LogP contribution in [0, 0.1) is 23.2 Å². The van der Waals surface area contributed by atoms with Gasteiger partial charge in [-0.25, -0.2) is 0 Å². The van der Waals surface area contributed by atoms with Gasteiger partial charge in [0.1, 0.15) is 0 Å². The third kappa shape index (κ3) is 1.34. The summed E-state index contributed by atoms with van der Waals surface area (Å²) in [6, 6.07) is 3.06. The molecule has 2 aliphatic rings. The van der Waals surface area contributed by atoms with E-state index >= 15 is 0 Å². The molecule has 2 rings (SSSR count). The van der Waals surface area contributed by atoms with Crippen molar-refractivity contribution in [2.45, 2.75) is 44.7 Å². The van der Waals surface area contributed by atoms with Crippen LogP contribution in [-0.2, 0) is 0 Å². The molecule has 0 saturated heterocycles. The molecule has 66 valence electrons. The van der Waals surface area contributed by atoms with Crippen molar-refractivity contribution in [1.82, 2.24) is 5.32 Å². The number of rotatable bonds is 3. The molecule has 0 spiro atoms. The van der Waals surface area contributed by atoms with Gasteiger partial charge in [-0.2, -0.15) is 5.26 Å². The molecule has 4 atom stereocenters. The second-order valence-corrected chi connectivity index (χ2v) is 4.10. The average Bonchev–Trinajstić information content (AvgIpc) is 2.78. The molecule has 1 N–H and O–H groups in total. The minimum absolute atomic E-state index is 0.0920. The van der Waals surface area contributed by atoms with E-state index < -0.39 is 0 Å². The third-order valence-electron chi connectivity index (χ3n) is 3.32. The van der Waals surface area contributed by atoms with Gasteiger partial charge in [-0.15, -0.1) is 0 Å². The van der Waals surface area contributed by atoms with Crippen molar-refractivity contribution in [2.24, 2.45) is 11.8 Å². The van der Waals surface area contributed by atoms with Gasteiger partial charge in [0.2, 0.25) is 0 Å². The predicted octanol–water partition coefficient (Wildman–Crippen LogP) is 1.68. The van der Waals surface area contributed by atoms with E-state index in [1.165, 1.54) is 19.3 Å². The first kappa shape index (κ1) is 8.07. The van der Waals surface area contributed by atoms with Crippen LogP contribution in [0.15, 0.2) is 0 Å². The second-order valence-electron chi connectivity index (χ2n) is 4.10. The van der Waals surface area contributed by atoms with Crippen LogP contribution < -0.4 is 5.32 Å². The molecule has 0 aromatic carbocycles. The summed E-state index contributed by atoms with van der Waals surface area (Å²) in [5.41, 5.74) is 0. The minimum Gasteiger partial charge on any atom is -0.299 e. The SMILES string of the molecule is CCC(C#N)NC1CCC2CC21. The van der Waals surface area contributed by atoms with Gasteiger partial charge in [-0.3, -0.25) is 5.32 Å². The Bertz CT molecular complexity index is 206. The largest absolute Gasteiger partial charge is 0.299 e. The van der Waals surface area contributed by atoms with Crippen molar-refractivity contribution in [2.75, 3.05) is 0 Å². The van der Waals surface area contributed by atoms with E-state index in [9.17, 15) is 0 Å². The Morgan fingerprint density at radius 2 is 2.42 bits per heavy atom. The van der Waals surface area contributed by atoms with Gasteiger partial charge in [-0.05, 0) is 37.5 Å². The Morgan fingerprint density at radius 1 is 1.58 bits per heavy atom. The highest BCUT2D eigenvalue weighted by molar-refractivity contribution is 5.04. The van der Waals surface area contributed by atoms with Crippen molar-refractivity contribution in [3.8, 4) is 6.07 Å². The first-order valence-electron chi connectivity index (χ1n) is 5.00. The summed E-state index contributed by atoms with van der Waals surface area (Å²) in [6.07, 6.45) is 5.04. The zero-order valence-electron chi connectivity index (χ0n) is 7.59.